The predicted octanol–water partition coefficient (Wildman–Crippen LogP) is 2.69. The normalized spacial score (nSPS) is 12.8. The Balaban J connectivity index is 2.15. The molecule has 1 atom stereocenters. The van der Waals surface area contributed by atoms with Crippen molar-refractivity contribution in [2.45, 2.75) is 17.9 Å². The third-order valence-corrected chi connectivity index (χ3v) is 5.47. The van der Waals surface area contributed by atoms with Crippen LogP contribution in [0.3, 0.4) is 0 Å². The summed E-state index contributed by atoms with van der Waals surface area (Å²) in [5.74, 6) is 0.398. The average molecular weight is 400 g/mol. The van der Waals surface area contributed by atoms with Gasteiger partial charge in [0.25, 0.3) is 0 Å². The monoisotopic (exact) mass is 399 g/mol. The van der Waals surface area contributed by atoms with Gasteiger partial charge in [-0.25, -0.2) is 13.1 Å². The van der Waals surface area contributed by atoms with Gasteiger partial charge in [0.1, 0.15) is 5.75 Å². The summed E-state index contributed by atoms with van der Waals surface area (Å²) >= 11 is 6.01. The van der Waals surface area contributed by atoms with Gasteiger partial charge in [-0.15, -0.1) is 0 Å². The molecule has 0 aliphatic heterocycles. The first kappa shape index (κ1) is 20.7. The molecule has 0 spiro atoms. The fourth-order valence-corrected chi connectivity index (χ4v) is 3.71. The Labute approximate surface area is 158 Å². The molecule has 2 N–H and O–H groups in total. The molecule has 2 aromatic rings. The molecule has 0 amide bonds. The molecule has 0 saturated heterocycles. The van der Waals surface area contributed by atoms with Crippen molar-refractivity contribution in [1.29, 1.82) is 0 Å². The molecular formula is C18H22ClNO5S. The number of aliphatic hydroxyl groups excluding tert-OH is 1. The highest BCUT2D eigenvalue weighted by Gasteiger charge is 2.20. The summed E-state index contributed by atoms with van der Waals surface area (Å²) in [5.41, 5.74) is 1.91. The largest absolute Gasteiger partial charge is 0.495 e. The van der Waals surface area contributed by atoms with Crippen molar-refractivity contribution < 1.29 is 23.0 Å². The van der Waals surface area contributed by atoms with Crippen LogP contribution in [0.5, 0.6) is 5.75 Å². The SMILES string of the molecule is COc1ccc(S(=O)(=O)NCC(OCCO)c2ccc(C)cc2)cc1Cl. The van der Waals surface area contributed by atoms with Crippen molar-refractivity contribution in [3.63, 3.8) is 0 Å². The lowest BCUT2D eigenvalue weighted by Gasteiger charge is -2.19. The van der Waals surface area contributed by atoms with Gasteiger partial charge < -0.3 is 14.6 Å². The molecule has 0 bridgehead atoms. The summed E-state index contributed by atoms with van der Waals surface area (Å²) in [7, 11) is -2.32. The number of aliphatic hydroxyl groups is 1. The lowest BCUT2D eigenvalue weighted by molar-refractivity contribution is 0.0309. The zero-order chi connectivity index (χ0) is 19.2. The van der Waals surface area contributed by atoms with E-state index < -0.39 is 16.1 Å². The van der Waals surface area contributed by atoms with Gasteiger partial charge >= 0.3 is 0 Å². The maximum Gasteiger partial charge on any atom is 0.240 e. The number of methoxy groups -OCH3 is 1. The van der Waals surface area contributed by atoms with Crippen LogP contribution in [-0.2, 0) is 14.8 Å². The zero-order valence-electron chi connectivity index (χ0n) is 14.6. The number of aryl methyl sites for hydroxylation is 1. The molecule has 2 rings (SSSR count). The van der Waals surface area contributed by atoms with Crippen LogP contribution in [0.25, 0.3) is 0 Å². The molecule has 0 radical (unpaired) electrons. The van der Waals surface area contributed by atoms with Crippen molar-refractivity contribution in [2.24, 2.45) is 0 Å². The summed E-state index contributed by atoms with van der Waals surface area (Å²) in [6, 6.07) is 11.8. The molecular weight excluding hydrogens is 378 g/mol. The molecule has 6 nitrogen and oxygen atoms in total. The van der Waals surface area contributed by atoms with Gasteiger partial charge in [0.15, 0.2) is 0 Å². The number of benzene rings is 2. The van der Waals surface area contributed by atoms with Gasteiger partial charge in [0.2, 0.25) is 10.0 Å². The first-order chi connectivity index (χ1) is 12.4. The van der Waals surface area contributed by atoms with Gasteiger partial charge in [0.05, 0.1) is 36.3 Å². The summed E-state index contributed by atoms with van der Waals surface area (Å²) in [6.07, 6.45) is -0.522. The fraction of sp³-hybridized carbons (Fsp3) is 0.333. The second-order valence-corrected chi connectivity index (χ2v) is 7.82. The molecule has 1 unspecified atom stereocenters. The van der Waals surface area contributed by atoms with Crippen molar-refractivity contribution >= 4 is 21.6 Å². The highest BCUT2D eigenvalue weighted by atomic mass is 35.5. The Morgan fingerprint density at radius 1 is 1.19 bits per heavy atom. The van der Waals surface area contributed by atoms with Gasteiger partial charge in [-0.2, -0.15) is 0 Å². The second-order valence-electron chi connectivity index (χ2n) is 5.64. The van der Waals surface area contributed by atoms with Crippen LogP contribution >= 0.6 is 11.6 Å². The molecule has 8 heteroatoms. The number of hydrogen-bond donors (Lipinski definition) is 2. The lowest BCUT2D eigenvalue weighted by Crippen LogP contribution is -2.30. The van der Waals surface area contributed by atoms with Crippen LogP contribution in [0.15, 0.2) is 47.4 Å². The summed E-state index contributed by atoms with van der Waals surface area (Å²) in [5, 5.41) is 9.21. The number of nitrogens with one attached hydrogen (secondary N) is 1. The Morgan fingerprint density at radius 3 is 2.46 bits per heavy atom. The molecule has 0 saturated carbocycles. The second kappa shape index (κ2) is 9.34. The molecule has 142 valence electrons. The van der Waals surface area contributed by atoms with Gasteiger partial charge in [-0.3, -0.25) is 0 Å². The van der Waals surface area contributed by atoms with Crippen LogP contribution in [0.4, 0.5) is 0 Å². The Hall–Kier alpha value is -1.64. The molecule has 2 aromatic carbocycles. The van der Waals surface area contributed by atoms with E-state index in [0.717, 1.165) is 11.1 Å². The third-order valence-electron chi connectivity index (χ3n) is 3.75. The summed E-state index contributed by atoms with van der Waals surface area (Å²) in [6.45, 7) is 1.94. The molecule has 26 heavy (non-hydrogen) atoms. The van der Waals surface area contributed by atoms with E-state index in [1.54, 1.807) is 0 Å². The third kappa shape index (κ3) is 5.43. The number of halogens is 1. The highest BCUT2D eigenvalue weighted by molar-refractivity contribution is 7.89. The van der Waals surface area contributed by atoms with E-state index in [-0.39, 0.29) is 29.7 Å². The van der Waals surface area contributed by atoms with Crippen molar-refractivity contribution in [1.82, 2.24) is 4.72 Å². The fourth-order valence-electron chi connectivity index (χ4n) is 2.33. The van der Waals surface area contributed by atoms with Gasteiger partial charge in [-0.05, 0) is 30.7 Å². The standard InChI is InChI=1S/C18H22ClNO5S/c1-13-3-5-14(6-4-13)18(25-10-9-21)12-20-26(22,23)15-7-8-17(24-2)16(19)11-15/h3-8,11,18,20-21H,9-10,12H2,1-2H3. The number of hydrogen-bond acceptors (Lipinski definition) is 5. The van der Waals surface area contributed by atoms with Crippen molar-refractivity contribution in [2.75, 3.05) is 26.9 Å². The molecule has 0 heterocycles. The van der Waals surface area contributed by atoms with Crippen molar-refractivity contribution in [3.8, 4) is 5.75 Å². The summed E-state index contributed by atoms with van der Waals surface area (Å²) in [4.78, 5) is 0.0353. The van der Waals surface area contributed by atoms with E-state index in [1.807, 2.05) is 31.2 Å². The number of ether oxygens (including phenoxy) is 2. The van der Waals surface area contributed by atoms with E-state index in [4.69, 9.17) is 26.2 Å². The van der Waals surface area contributed by atoms with Crippen molar-refractivity contribution in [3.05, 3.63) is 58.6 Å². The maximum absolute atomic E-state index is 12.5. The predicted molar refractivity (Wildman–Crippen MR) is 100 cm³/mol. The highest BCUT2D eigenvalue weighted by Crippen LogP contribution is 2.27. The quantitative estimate of drug-likeness (QED) is 0.677. The van der Waals surface area contributed by atoms with Crippen LogP contribution in [0, 0.1) is 6.92 Å². The van der Waals surface area contributed by atoms with Crippen LogP contribution in [0.1, 0.15) is 17.2 Å². The average Bonchev–Trinajstić information content (AvgIpc) is 2.62. The van der Waals surface area contributed by atoms with Crippen LogP contribution < -0.4 is 9.46 Å². The Kier molecular flexibility index (Phi) is 7.43. The Bertz CT molecular complexity index is 824. The topological polar surface area (TPSA) is 84.9 Å². The first-order valence-electron chi connectivity index (χ1n) is 7.99. The Morgan fingerprint density at radius 2 is 1.88 bits per heavy atom. The minimum absolute atomic E-state index is 0.0229. The van der Waals surface area contributed by atoms with Gasteiger partial charge in [-0.1, -0.05) is 41.4 Å². The molecule has 0 fully saturated rings. The van der Waals surface area contributed by atoms with Crippen LogP contribution in [-0.4, -0.2) is 40.4 Å². The minimum atomic E-state index is -3.78. The van der Waals surface area contributed by atoms with Gasteiger partial charge in [0, 0.05) is 6.54 Å². The minimum Gasteiger partial charge on any atom is -0.495 e. The lowest BCUT2D eigenvalue weighted by atomic mass is 10.1. The number of sulfonamides is 1. The van der Waals surface area contributed by atoms with E-state index in [0.29, 0.717) is 5.75 Å². The van der Waals surface area contributed by atoms with Crippen LogP contribution in [0.2, 0.25) is 5.02 Å². The van der Waals surface area contributed by atoms with E-state index >= 15 is 0 Å². The number of rotatable bonds is 9. The van der Waals surface area contributed by atoms with E-state index in [1.165, 1.54) is 25.3 Å². The smallest absolute Gasteiger partial charge is 0.240 e. The summed E-state index contributed by atoms with van der Waals surface area (Å²) < 4.78 is 38.2. The molecule has 0 aromatic heterocycles. The zero-order valence-corrected chi connectivity index (χ0v) is 16.2. The maximum atomic E-state index is 12.5. The van der Waals surface area contributed by atoms with E-state index in [9.17, 15) is 8.42 Å². The molecule has 0 aliphatic rings. The first-order valence-corrected chi connectivity index (χ1v) is 9.85. The molecule has 0 aliphatic carbocycles. The van der Waals surface area contributed by atoms with E-state index in [2.05, 4.69) is 4.72 Å².